The van der Waals surface area contributed by atoms with Gasteiger partial charge in [-0.2, -0.15) is 0 Å². The molecule has 3 saturated carbocycles. The largest absolute Gasteiger partial charge is 0.378 e. The van der Waals surface area contributed by atoms with Crippen LogP contribution in [0.4, 0.5) is 0 Å². The van der Waals surface area contributed by atoms with Crippen LogP contribution < -0.4 is 0 Å². The van der Waals surface area contributed by atoms with Crippen molar-refractivity contribution in [3.63, 3.8) is 0 Å². The van der Waals surface area contributed by atoms with Crippen molar-refractivity contribution in [3.05, 3.63) is 0 Å². The van der Waals surface area contributed by atoms with Crippen LogP contribution in [0.1, 0.15) is 97.3 Å². The van der Waals surface area contributed by atoms with E-state index in [-0.39, 0.29) is 0 Å². The molecule has 0 bridgehead atoms. The Morgan fingerprint density at radius 3 is 2.22 bits per heavy atom. The second-order valence-electron chi connectivity index (χ2n) is 8.88. The number of rotatable bonds is 7. The molecule has 0 N–H and O–H groups in total. The average molecular weight is 321 g/mol. The molecule has 1 nitrogen and oxygen atoms in total. The van der Waals surface area contributed by atoms with Crippen LogP contribution in [-0.4, -0.2) is 12.7 Å². The molecular formula is C22H40O. The predicted molar refractivity (Wildman–Crippen MR) is 98.6 cm³/mol. The molecule has 0 aliphatic heterocycles. The van der Waals surface area contributed by atoms with Crippen LogP contribution in [0.3, 0.4) is 0 Å². The maximum atomic E-state index is 6.25. The van der Waals surface area contributed by atoms with E-state index in [9.17, 15) is 0 Å². The van der Waals surface area contributed by atoms with Gasteiger partial charge in [-0.1, -0.05) is 46.0 Å². The molecule has 6 unspecified atom stereocenters. The van der Waals surface area contributed by atoms with Crippen LogP contribution in [0.15, 0.2) is 0 Å². The van der Waals surface area contributed by atoms with Gasteiger partial charge in [0.1, 0.15) is 0 Å². The second-order valence-corrected chi connectivity index (χ2v) is 8.88. The summed E-state index contributed by atoms with van der Waals surface area (Å²) in [5.74, 6) is 5.29. The molecule has 0 amide bonds. The van der Waals surface area contributed by atoms with Gasteiger partial charge >= 0.3 is 0 Å². The Bertz CT molecular complexity index is 339. The number of hydrogen-bond acceptors (Lipinski definition) is 1. The molecule has 3 fully saturated rings. The third-order valence-corrected chi connectivity index (χ3v) is 7.53. The van der Waals surface area contributed by atoms with Crippen LogP contribution in [0, 0.1) is 29.6 Å². The fourth-order valence-corrected chi connectivity index (χ4v) is 6.15. The molecule has 0 heterocycles. The lowest BCUT2D eigenvalue weighted by Gasteiger charge is -2.50. The lowest BCUT2D eigenvalue weighted by Crippen LogP contribution is -2.42. The Labute approximate surface area is 144 Å². The first-order chi connectivity index (χ1) is 11.3. The monoisotopic (exact) mass is 320 g/mol. The average Bonchev–Trinajstić information content (AvgIpc) is 2.60. The van der Waals surface area contributed by atoms with Crippen molar-refractivity contribution < 1.29 is 4.74 Å². The molecular weight excluding hydrogens is 280 g/mol. The Morgan fingerprint density at radius 1 is 0.739 bits per heavy atom. The molecule has 3 aliphatic carbocycles. The molecule has 134 valence electrons. The van der Waals surface area contributed by atoms with Gasteiger partial charge in [0.2, 0.25) is 0 Å². The SMILES string of the molecule is CCCCCCOC1CCC2C(CCC3CC(CC)CCC32)C1. The summed E-state index contributed by atoms with van der Waals surface area (Å²) in [6.45, 7) is 5.71. The van der Waals surface area contributed by atoms with Gasteiger partial charge in [0.25, 0.3) is 0 Å². The summed E-state index contributed by atoms with van der Waals surface area (Å²) in [7, 11) is 0. The quantitative estimate of drug-likeness (QED) is 0.480. The van der Waals surface area contributed by atoms with Crippen molar-refractivity contribution >= 4 is 0 Å². The topological polar surface area (TPSA) is 9.23 Å². The van der Waals surface area contributed by atoms with Gasteiger partial charge in [0.05, 0.1) is 6.10 Å². The number of unbranched alkanes of at least 4 members (excludes halogenated alkanes) is 3. The van der Waals surface area contributed by atoms with Crippen LogP contribution in [0.2, 0.25) is 0 Å². The van der Waals surface area contributed by atoms with Crippen molar-refractivity contribution in [2.75, 3.05) is 6.61 Å². The van der Waals surface area contributed by atoms with E-state index in [1.807, 2.05) is 0 Å². The van der Waals surface area contributed by atoms with Gasteiger partial charge < -0.3 is 4.74 Å². The summed E-state index contributed by atoms with van der Waals surface area (Å²) < 4.78 is 6.25. The molecule has 0 aromatic carbocycles. The first kappa shape index (κ1) is 17.8. The molecule has 23 heavy (non-hydrogen) atoms. The molecule has 1 heteroatoms. The lowest BCUT2D eigenvalue weighted by molar-refractivity contribution is -0.0536. The summed E-state index contributed by atoms with van der Waals surface area (Å²) >= 11 is 0. The third kappa shape index (κ3) is 4.53. The number of ether oxygens (including phenoxy) is 1. The minimum atomic E-state index is 0.599. The lowest BCUT2D eigenvalue weighted by atomic mass is 9.56. The number of hydrogen-bond donors (Lipinski definition) is 0. The maximum absolute atomic E-state index is 6.25. The third-order valence-electron chi connectivity index (χ3n) is 7.53. The van der Waals surface area contributed by atoms with E-state index in [0.717, 1.165) is 36.2 Å². The summed E-state index contributed by atoms with van der Waals surface area (Å²) in [6, 6.07) is 0. The zero-order valence-electron chi connectivity index (χ0n) is 15.8. The van der Waals surface area contributed by atoms with E-state index in [0.29, 0.717) is 6.10 Å². The van der Waals surface area contributed by atoms with Gasteiger partial charge in [-0.25, -0.2) is 0 Å². The molecule has 0 aromatic heterocycles. The number of fused-ring (bicyclic) bond motifs is 3. The fourth-order valence-electron chi connectivity index (χ4n) is 6.15. The van der Waals surface area contributed by atoms with Crippen molar-refractivity contribution in [2.45, 2.75) is 103 Å². The van der Waals surface area contributed by atoms with Gasteiger partial charge in [-0.05, 0) is 81.0 Å². The van der Waals surface area contributed by atoms with Crippen LogP contribution in [0.5, 0.6) is 0 Å². The predicted octanol–water partition coefficient (Wildman–Crippen LogP) is 6.60. The van der Waals surface area contributed by atoms with E-state index in [2.05, 4.69) is 13.8 Å². The van der Waals surface area contributed by atoms with Crippen molar-refractivity contribution in [2.24, 2.45) is 29.6 Å². The van der Waals surface area contributed by atoms with E-state index >= 15 is 0 Å². The first-order valence-electron chi connectivity index (χ1n) is 10.9. The van der Waals surface area contributed by atoms with E-state index in [1.165, 1.54) is 70.6 Å². The van der Waals surface area contributed by atoms with Crippen molar-refractivity contribution in [1.82, 2.24) is 0 Å². The molecule has 0 spiro atoms. The van der Waals surface area contributed by atoms with E-state index in [4.69, 9.17) is 4.74 Å². The molecule has 3 aliphatic rings. The summed E-state index contributed by atoms with van der Waals surface area (Å²) in [4.78, 5) is 0. The van der Waals surface area contributed by atoms with E-state index in [1.54, 1.807) is 12.8 Å². The smallest absolute Gasteiger partial charge is 0.0578 e. The van der Waals surface area contributed by atoms with Crippen LogP contribution in [-0.2, 0) is 4.74 Å². The standard InChI is InChI=1S/C22H40O/c1-3-5-6-7-14-23-20-11-13-22-19(16-20)10-9-18-15-17(4-2)8-12-21(18)22/h17-22H,3-16H2,1-2H3. The summed E-state index contributed by atoms with van der Waals surface area (Å²) in [6.07, 6.45) is 19.3. The Morgan fingerprint density at radius 2 is 1.48 bits per heavy atom. The van der Waals surface area contributed by atoms with E-state index < -0.39 is 0 Å². The Balaban J connectivity index is 1.43. The maximum Gasteiger partial charge on any atom is 0.0578 e. The summed E-state index contributed by atoms with van der Waals surface area (Å²) in [5, 5.41) is 0. The van der Waals surface area contributed by atoms with Gasteiger partial charge in [-0.15, -0.1) is 0 Å². The minimum Gasteiger partial charge on any atom is -0.378 e. The second kappa shape index (κ2) is 8.88. The zero-order valence-corrected chi connectivity index (χ0v) is 15.8. The zero-order chi connectivity index (χ0) is 16.1. The highest BCUT2D eigenvalue weighted by Gasteiger charge is 2.44. The normalized spacial score (nSPS) is 40.4. The highest BCUT2D eigenvalue weighted by atomic mass is 16.5. The molecule has 6 atom stereocenters. The fraction of sp³-hybridized carbons (Fsp3) is 1.00. The molecule has 0 radical (unpaired) electrons. The molecule has 0 saturated heterocycles. The first-order valence-corrected chi connectivity index (χ1v) is 10.9. The highest BCUT2D eigenvalue weighted by Crippen LogP contribution is 2.53. The van der Waals surface area contributed by atoms with Gasteiger partial charge in [0, 0.05) is 6.61 Å². The summed E-state index contributed by atoms with van der Waals surface area (Å²) in [5.41, 5.74) is 0. The minimum absolute atomic E-state index is 0.599. The van der Waals surface area contributed by atoms with Crippen LogP contribution in [0.25, 0.3) is 0 Å². The Kier molecular flexibility index (Phi) is 6.86. The van der Waals surface area contributed by atoms with Gasteiger partial charge in [-0.3, -0.25) is 0 Å². The van der Waals surface area contributed by atoms with Crippen molar-refractivity contribution in [3.8, 4) is 0 Å². The molecule has 0 aromatic rings. The van der Waals surface area contributed by atoms with Gasteiger partial charge in [0.15, 0.2) is 0 Å². The van der Waals surface area contributed by atoms with Crippen molar-refractivity contribution in [1.29, 1.82) is 0 Å². The highest BCUT2D eigenvalue weighted by molar-refractivity contribution is 4.94. The molecule has 3 rings (SSSR count). The van der Waals surface area contributed by atoms with Crippen LogP contribution >= 0.6 is 0 Å². The Hall–Kier alpha value is -0.0400.